The van der Waals surface area contributed by atoms with Gasteiger partial charge < -0.3 is 15.1 Å². The minimum absolute atomic E-state index is 0.0946. The number of piperidine rings is 1. The van der Waals surface area contributed by atoms with Crippen molar-refractivity contribution in [3.05, 3.63) is 28.9 Å². The van der Waals surface area contributed by atoms with Crippen molar-refractivity contribution in [2.24, 2.45) is 0 Å². The Balaban J connectivity index is 2.04. The summed E-state index contributed by atoms with van der Waals surface area (Å²) in [6.07, 6.45) is 3.97. The first-order valence-corrected chi connectivity index (χ1v) is 6.16. The quantitative estimate of drug-likeness (QED) is 0.701. The van der Waals surface area contributed by atoms with Crippen LogP contribution in [0.5, 0.6) is 0 Å². The van der Waals surface area contributed by atoms with Gasteiger partial charge in [-0.1, -0.05) is 0 Å². The molecule has 0 unspecified atom stereocenters. The van der Waals surface area contributed by atoms with E-state index in [2.05, 4.69) is 4.98 Å². The van der Waals surface area contributed by atoms with Crippen LogP contribution in [0.25, 0.3) is 0 Å². The highest BCUT2D eigenvalue weighted by atomic mass is 16.3. The zero-order chi connectivity index (χ0) is 13.9. The van der Waals surface area contributed by atoms with E-state index in [9.17, 15) is 14.7 Å². The molecule has 0 saturated carbocycles. The SMILES string of the molecule is O=C(Cn1cccnc1=O)N1CCC[C@](O)(CO)C1. The van der Waals surface area contributed by atoms with Crippen molar-refractivity contribution < 1.29 is 15.0 Å². The van der Waals surface area contributed by atoms with Crippen LogP contribution in [-0.4, -0.2) is 55.9 Å². The van der Waals surface area contributed by atoms with Crippen LogP contribution in [0.4, 0.5) is 0 Å². The summed E-state index contributed by atoms with van der Waals surface area (Å²) < 4.78 is 1.22. The molecule has 0 radical (unpaired) electrons. The summed E-state index contributed by atoms with van der Waals surface area (Å²) in [6, 6.07) is 1.58. The molecule has 2 heterocycles. The average molecular weight is 267 g/mol. The van der Waals surface area contributed by atoms with Gasteiger partial charge in [-0.05, 0) is 18.9 Å². The van der Waals surface area contributed by atoms with Crippen molar-refractivity contribution in [3.63, 3.8) is 0 Å². The largest absolute Gasteiger partial charge is 0.393 e. The third-order valence-corrected chi connectivity index (χ3v) is 3.29. The van der Waals surface area contributed by atoms with Gasteiger partial charge in [0.05, 0.1) is 13.2 Å². The second-order valence-corrected chi connectivity index (χ2v) is 4.83. The highest BCUT2D eigenvalue weighted by molar-refractivity contribution is 5.76. The minimum Gasteiger partial charge on any atom is -0.393 e. The van der Waals surface area contributed by atoms with Crippen molar-refractivity contribution >= 4 is 5.91 Å². The number of nitrogens with zero attached hydrogens (tertiary/aromatic N) is 3. The van der Waals surface area contributed by atoms with Crippen LogP contribution >= 0.6 is 0 Å². The number of amides is 1. The Kier molecular flexibility index (Phi) is 3.96. The highest BCUT2D eigenvalue weighted by Gasteiger charge is 2.34. The van der Waals surface area contributed by atoms with Crippen molar-refractivity contribution in [3.8, 4) is 0 Å². The fourth-order valence-corrected chi connectivity index (χ4v) is 2.21. The lowest BCUT2D eigenvalue weighted by atomic mass is 9.94. The second kappa shape index (κ2) is 5.50. The number of carbonyl (C=O) groups excluding carboxylic acids is 1. The molecule has 2 N–H and O–H groups in total. The Bertz CT molecular complexity index is 516. The van der Waals surface area contributed by atoms with Gasteiger partial charge in [0.1, 0.15) is 12.1 Å². The van der Waals surface area contributed by atoms with E-state index in [1.165, 1.54) is 21.9 Å². The smallest absolute Gasteiger partial charge is 0.347 e. The Labute approximate surface area is 110 Å². The van der Waals surface area contributed by atoms with Crippen LogP contribution < -0.4 is 5.69 Å². The second-order valence-electron chi connectivity index (χ2n) is 4.83. The number of likely N-dealkylation sites (tertiary alicyclic amines) is 1. The lowest BCUT2D eigenvalue weighted by molar-refractivity contribution is -0.141. The van der Waals surface area contributed by atoms with Crippen LogP contribution in [0.15, 0.2) is 23.3 Å². The standard InChI is InChI=1S/C12H17N3O4/c16-9-12(19)3-1-5-15(8-12)10(17)7-14-6-2-4-13-11(14)18/h2,4,6,16,19H,1,3,5,7-9H2/t12-/m1/s1. The first-order valence-electron chi connectivity index (χ1n) is 6.16. The molecule has 1 saturated heterocycles. The summed E-state index contributed by atoms with van der Waals surface area (Å²) in [5.41, 5.74) is -1.71. The molecule has 1 amide bonds. The normalized spacial score (nSPS) is 23.4. The first kappa shape index (κ1) is 13.7. The highest BCUT2D eigenvalue weighted by Crippen LogP contribution is 2.20. The molecular formula is C12H17N3O4. The fourth-order valence-electron chi connectivity index (χ4n) is 2.21. The van der Waals surface area contributed by atoms with E-state index in [1.807, 2.05) is 0 Å². The van der Waals surface area contributed by atoms with Crippen LogP contribution in [0.2, 0.25) is 0 Å². The maximum absolute atomic E-state index is 12.1. The molecule has 1 aromatic heterocycles. The molecule has 19 heavy (non-hydrogen) atoms. The monoisotopic (exact) mass is 267 g/mol. The van der Waals surface area contributed by atoms with Crippen molar-refractivity contribution in [1.82, 2.24) is 14.5 Å². The van der Waals surface area contributed by atoms with E-state index < -0.39 is 11.3 Å². The summed E-state index contributed by atoms with van der Waals surface area (Å²) in [7, 11) is 0. The van der Waals surface area contributed by atoms with E-state index in [1.54, 1.807) is 6.07 Å². The van der Waals surface area contributed by atoms with Gasteiger partial charge in [0, 0.05) is 18.9 Å². The van der Waals surface area contributed by atoms with Crippen LogP contribution in [0.3, 0.4) is 0 Å². The number of hydrogen-bond donors (Lipinski definition) is 2. The number of aromatic nitrogens is 2. The summed E-state index contributed by atoms with van der Waals surface area (Å²) in [5.74, 6) is -0.262. The van der Waals surface area contributed by atoms with Crippen LogP contribution in [0, 0.1) is 0 Å². The predicted octanol–water partition coefficient (Wildman–Crippen LogP) is -1.41. The van der Waals surface area contributed by atoms with Crippen LogP contribution in [-0.2, 0) is 11.3 Å². The molecule has 7 heteroatoms. The van der Waals surface area contributed by atoms with E-state index in [-0.39, 0.29) is 25.6 Å². The molecule has 1 aromatic rings. The lowest BCUT2D eigenvalue weighted by Crippen LogP contribution is -2.53. The average Bonchev–Trinajstić information content (AvgIpc) is 2.41. The van der Waals surface area contributed by atoms with Crippen molar-refractivity contribution in [1.29, 1.82) is 0 Å². The summed E-state index contributed by atoms with van der Waals surface area (Å²) in [5, 5.41) is 19.1. The van der Waals surface area contributed by atoms with E-state index in [0.717, 1.165) is 0 Å². The molecule has 1 atom stereocenters. The number of aliphatic hydroxyl groups is 2. The van der Waals surface area contributed by atoms with Crippen molar-refractivity contribution in [2.45, 2.75) is 25.0 Å². The number of hydrogen-bond acceptors (Lipinski definition) is 5. The van der Waals surface area contributed by atoms with Gasteiger partial charge in [-0.2, -0.15) is 0 Å². The molecule has 104 valence electrons. The Morgan fingerprint density at radius 1 is 1.53 bits per heavy atom. The summed E-state index contributed by atoms with van der Waals surface area (Å²) in [4.78, 5) is 28.5. The minimum atomic E-state index is -1.23. The van der Waals surface area contributed by atoms with Gasteiger partial charge in [-0.3, -0.25) is 9.36 Å². The molecule has 0 aromatic carbocycles. The summed E-state index contributed by atoms with van der Waals surface area (Å²) in [6.45, 7) is 0.144. The van der Waals surface area contributed by atoms with Gasteiger partial charge in [0.15, 0.2) is 0 Å². The van der Waals surface area contributed by atoms with Gasteiger partial charge in [0.25, 0.3) is 0 Å². The number of β-amino-alcohol motifs (C(OH)–C–C–N with tert-alkyl or cyclic N) is 1. The zero-order valence-corrected chi connectivity index (χ0v) is 10.5. The van der Waals surface area contributed by atoms with E-state index in [4.69, 9.17) is 5.11 Å². The molecule has 7 nitrogen and oxygen atoms in total. The summed E-state index contributed by atoms with van der Waals surface area (Å²) >= 11 is 0. The number of rotatable bonds is 3. The third kappa shape index (κ3) is 3.18. The van der Waals surface area contributed by atoms with Gasteiger partial charge in [-0.25, -0.2) is 9.78 Å². The molecule has 0 bridgehead atoms. The molecule has 1 aliphatic rings. The topological polar surface area (TPSA) is 95.7 Å². The molecular weight excluding hydrogens is 250 g/mol. The predicted molar refractivity (Wildman–Crippen MR) is 66.3 cm³/mol. The number of aliphatic hydroxyl groups excluding tert-OH is 1. The Morgan fingerprint density at radius 3 is 3.00 bits per heavy atom. The van der Waals surface area contributed by atoms with Crippen molar-refractivity contribution in [2.75, 3.05) is 19.7 Å². The third-order valence-electron chi connectivity index (χ3n) is 3.29. The van der Waals surface area contributed by atoms with E-state index >= 15 is 0 Å². The molecule has 0 aliphatic carbocycles. The molecule has 1 aliphatic heterocycles. The zero-order valence-electron chi connectivity index (χ0n) is 10.5. The fraction of sp³-hybridized carbons (Fsp3) is 0.583. The molecule has 2 rings (SSSR count). The lowest BCUT2D eigenvalue weighted by Gasteiger charge is -2.38. The Morgan fingerprint density at radius 2 is 2.32 bits per heavy atom. The maximum atomic E-state index is 12.1. The first-order chi connectivity index (χ1) is 9.04. The van der Waals surface area contributed by atoms with Gasteiger partial charge in [0.2, 0.25) is 5.91 Å². The maximum Gasteiger partial charge on any atom is 0.347 e. The van der Waals surface area contributed by atoms with E-state index in [0.29, 0.717) is 19.4 Å². The molecule has 0 spiro atoms. The number of carbonyl (C=O) groups is 1. The molecule has 1 fully saturated rings. The van der Waals surface area contributed by atoms with Crippen LogP contribution in [0.1, 0.15) is 12.8 Å². The van der Waals surface area contributed by atoms with Gasteiger partial charge in [-0.15, -0.1) is 0 Å². The Hall–Kier alpha value is -1.73. The van der Waals surface area contributed by atoms with Gasteiger partial charge >= 0.3 is 5.69 Å².